The van der Waals surface area contributed by atoms with E-state index in [0.29, 0.717) is 6.42 Å². The summed E-state index contributed by atoms with van der Waals surface area (Å²) in [7, 11) is 0. The first-order valence-corrected chi connectivity index (χ1v) is 5.48. The lowest BCUT2D eigenvalue weighted by Crippen LogP contribution is -2.41. The molecule has 0 aromatic carbocycles. The van der Waals surface area contributed by atoms with Crippen LogP contribution in [0.1, 0.15) is 48.0 Å². The van der Waals surface area contributed by atoms with Gasteiger partial charge in [0.1, 0.15) is 11.9 Å². The van der Waals surface area contributed by atoms with Crippen LogP contribution in [-0.2, 0) is 9.53 Å². The third-order valence-electron chi connectivity index (χ3n) is 1.70. The van der Waals surface area contributed by atoms with Crippen molar-refractivity contribution in [2.24, 2.45) is 5.41 Å². The van der Waals surface area contributed by atoms with Gasteiger partial charge in [0.15, 0.2) is 0 Å². The summed E-state index contributed by atoms with van der Waals surface area (Å²) in [5, 5.41) is 2.55. The Morgan fingerprint density at radius 2 is 1.75 bits per heavy atom. The van der Waals surface area contributed by atoms with Gasteiger partial charge in [0, 0.05) is 0 Å². The summed E-state index contributed by atoms with van der Waals surface area (Å²) in [6.07, 6.45) is 0.791. The Bertz CT molecular complexity index is 248. The highest BCUT2D eigenvalue weighted by Crippen LogP contribution is 2.20. The first kappa shape index (κ1) is 14.9. The van der Waals surface area contributed by atoms with E-state index in [0.717, 1.165) is 6.29 Å². The van der Waals surface area contributed by atoms with Gasteiger partial charge in [-0.3, -0.25) is 0 Å². The average molecular weight is 229 g/mol. The largest absolute Gasteiger partial charge is 0.444 e. The number of hydrogen-bond donors (Lipinski definition) is 1. The molecule has 1 N–H and O–H groups in total. The summed E-state index contributed by atoms with van der Waals surface area (Å²) in [6, 6.07) is -0.491. The van der Waals surface area contributed by atoms with E-state index >= 15 is 0 Å². The third kappa shape index (κ3) is 8.26. The van der Waals surface area contributed by atoms with E-state index in [1.807, 2.05) is 20.8 Å². The first-order valence-electron chi connectivity index (χ1n) is 5.48. The molecular formula is C12H23NO3. The summed E-state index contributed by atoms with van der Waals surface area (Å²) in [5.74, 6) is 0. The van der Waals surface area contributed by atoms with Gasteiger partial charge in [-0.1, -0.05) is 20.8 Å². The normalized spacial score (nSPS) is 14.1. The van der Waals surface area contributed by atoms with Gasteiger partial charge >= 0.3 is 6.09 Å². The minimum atomic E-state index is -0.547. The summed E-state index contributed by atoms with van der Waals surface area (Å²) in [4.78, 5) is 22.2. The molecule has 0 spiro atoms. The second-order valence-corrected chi connectivity index (χ2v) is 6.15. The molecule has 0 aromatic rings. The minimum Gasteiger partial charge on any atom is -0.444 e. The van der Waals surface area contributed by atoms with Crippen LogP contribution in [0.5, 0.6) is 0 Å². The number of hydrogen-bond acceptors (Lipinski definition) is 3. The van der Waals surface area contributed by atoms with Gasteiger partial charge in [0.05, 0.1) is 6.04 Å². The molecule has 0 fully saturated rings. The maximum atomic E-state index is 11.4. The maximum absolute atomic E-state index is 11.4. The second kappa shape index (κ2) is 5.32. The molecule has 4 heteroatoms. The van der Waals surface area contributed by atoms with Crippen molar-refractivity contribution in [3.8, 4) is 0 Å². The van der Waals surface area contributed by atoms with Crippen molar-refractivity contribution in [1.29, 1.82) is 0 Å². The molecule has 0 bridgehead atoms. The molecule has 0 rings (SSSR count). The fourth-order valence-electron chi connectivity index (χ4n) is 1.25. The molecule has 0 heterocycles. The minimum absolute atomic E-state index is 0.0133. The Labute approximate surface area is 97.7 Å². The molecule has 0 saturated heterocycles. The van der Waals surface area contributed by atoms with E-state index in [4.69, 9.17) is 4.74 Å². The Morgan fingerprint density at radius 3 is 2.06 bits per heavy atom. The van der Waals surface area contributed by atoms with Gasteiger partial charge in [-0.15, -0.1) is 0 Å². The molecule has 1 amide bonds. The van der Waals surface area contributed by atoms with Crippen LogP contribution in [0.4, 0.5) is 4.79 Å². The zero-order chi connectivity index (χ0) is 13.0. The van der Waals surface area contributed by atoms with E-state index in [1.54, 1.807) is 20.8 Å². The number of carbonyl (C=O) groups excluding carboxylic acids is 2. The van der Waals surface area contributed by atoms with Crippen molar-refractivity contribution >= 4 is 12.4 Å². The predicted molar refractivity (Wildman–Crippen MR) is 63.3 cm³/mol. The molecule has 4 nitrogen and oxygen atoms in total. The van der Waals surface area contributed by atoms with Crippen LogP contribution in [0, 0.1) is 5.41 Å². The summed E-state index contributed by atoms with van der Waals surface area (Å²) >= 11 is 0. The van der Waals surface area contributed by atoms with E-state index in [-0.39, 0.29) is 5.41 Å². The lowest BCUT2D eigenvalue weighted by Gasteiger charge is -2.25. The molecule has 16 heavy (non-hydrogen) atoms. The average Bonchev–Trinajstić information content (AvgIpc) is 1.96. The van der Waals surface area contributed by atoms with Crippen LogP contribution in [0.2, 0.25) is 0 Å². The van der Waals surface area contributed by atoms with Crippen LogP contribution >= 0.6 is 0 Å². The smallest absolute Gasteiger partial charge is 0.408 e. The number of ether oxygens (including phenoxy) is 1. The maximum Gasteiger partial charge on any atom is 0.408 e. The van der Waals surface area contributed by atoms with E-state index in [9.17, 15) is 9.59 Å². The van der Waals surface area contributed by atoms with E-state index < -0.39 is 17.7 Å². The van der Waals surface area contributed by atoms with Gasteiger partial charge in [0.2, 0.25) is 0 Å². The number of nitrogens with one attached hydrogen (secondary N) is 1. The molecule has 0 aliphatic heterocycles. The Balaban J connectivity index is 4.24. The lowest BCUT2D eigenvalue weighted by atomic mass is 9.88. The Morgan fingerprint density at radius 1 is 1.25 bits per heavy atom. The third-order valence-corrected chi connectivity index (χ3v) is 1.70. The lowest BCUT2D eigenvalue weighted by molar-refractivity contribution is -0.110. The summed E-state index contributed by atoms with van der Waals surface area (Å²) < 4.78 is 5.08. The highest BCUT2D eigenvalue weighted by molar-refractivity contribution is 5.73. The van der Waals surface area contributed by atoms with Crippen molar-refractivity contribution in [3.05, 3.63) is 0 Å². The molecular weight excluding hydrogens is 206 g/mol. The van der Waals surface area contributed by atoms with Crippen molar-refractivity contribution in [1.82, 2.24) is 5.32 Å². The number of aldehydes is 1. The molecule has 0 unspecified atom stereocenters. The molecule has 0 radical (unpaired) electrons. The van der Waals surface area contributed by atoms with Crippen molar-refractivity contribution in [2.45, 2.75) is 59.6 Å². The standard InChI is InChI=1S/C12H23NO3/c1-11(2,3)7-9(8-14)13-10(15)16-12(4,5)6/h8-9H,7H2,1-6H3,(H,13,15)/t9-/m0/s1. The molecule has 0 aliphatic carbocycles. The Hall–Kier alpha value is -1.06. The SMILES string of the molecule is CC(C)(C)C[C@@H](C=O)NC(=O)OC(C)(C)C. The van der Waals surface area contributed by atoms with Gasteiger partial charge in [-0.2, -0.15) is 0 Å². The van der Waals surface area contributed by atoms with E-state index in [2.05, 4.69) is 5.32 Å². The topological polar surface area (TPSA) is 55.4 Å². The highest BCUT2D eigenvalue weighted by Gasteiger charge is 2.22. The second-order valence-electron chi connectivity index (χ2n) is 6.15. The van der Waals surface area contributed by atoms with Crippen LogP contribution < -0.4 is 5.32 Å². The Kier molecular flexibility index (Phi) is 4.97. The number of amides is 1. The molecule has 0 aliphatic rings. The zero-order valence-corrected chi connectivity index (χ0v) is 11.1. The number of alkyl carbamates (subject to hydrolysis) is 1. The van der Waals surface area contributed by atoms with Crippen LogP contribution in [0.3, 0.4) is 0 Å². The van der Waals surface area contributed by atoms with Gasteiger partial charge in [0.25, 0.3) is 0 Å². The fourth-order valence-corrected chi connectivity index (χ4v) is 1.25. The van der Waals surface area contributed by atoms with Crippen LogP contribution in [0.15, 0.2) is 0 Å². The summed E-state index contributed by atoms with van der Waals surface area (Å²) in [6.45, 7) is 11.4. The van der Waals surface area contributed by atoms with Crippen molar-refractivity contribution in [2.75, 3.05) is 0 Å². The van der Waals surface area contributed by atoms with Crippen molar-refractivity contribution < 1.29 is 14.3 Å². The van der Waals surface area contributed by atoms with Crippen LogP contribution in [-0.4, -0.2) is 24.0 Å². The molecule has 94 valence electrons. The predicted octanol–water partition coefficient (Wildman–Crippen LogP) is 2.51. The number of carbonyl (C=O) groups is 2. The first-order chi connectivity index (χ1) is 7.03. The molecule has 0 saturated carbocycles. The molecule has 1 atom stereocenters. The molecule has 0 aromatic heterocycles. The van der Waals surface area contributed by atoms with E-state index in [1.165, 1.54) is 0 Å². The number of rotatable bonds is 3. The monoisotopic (exact) mass is 229 g/mol. The van der Waals surface area contributed by atoms with Crippen molar-refractivity contribution in [3.63, 3.8) is 0 Å². The van der Waals surface area contributed by atoms with Gasteiger partial charge in [-0.25, -0.2) is 4.79 Å². The summed E-state index contributed by atoms with van der Waals surface area (Å²) in [5.41, 5.74) is -0.556. The highest BCUT2D eigenvalue weighted by atomic mass is 16.6. The fraction of sp³-hybridized carbons (Fsp3) is 0.833. The van der Waals surface area contributed by atoms with Gasteiger partial charge < -0.3 is 14.8 Å². The van der Waals surface area contributed by atoms with Crippen LogP contribution in [0.25, 0.3) is 0 Å². The van der Waals surface area contributed by atoms with Gasteiger partial charge in [-0.05, 0) is 32.6 Å². The zero-order valence-electron chi connectivity index (χ0n) is 11.1. The quantitative estimate of drug-likeness (QED) is 0.756.